The predicted octanol–water partition coefficient (Wildman–Crippen LogP) is 3.09. The van der Waals surface area contributed by atoms with Crippen molar-refractivity contribution in [2.45, 2.75) is 20.0 Å². The molecule has 0 aliphatic carbocycles. The van der Waals surface area contributed by atoms with Gasteiger partial charge in [0.25, 0.3) is 0 Å². The van der Waals surface area contributed by atoms with E-state index in [1.165, 1.54) is 0 Å². The third-order valence-corrected chi connectivity index (χ3v) is 5.07. The number of aromatic amines is 1. The largest absolute Gasteiger partial charge is 0.365 e. The normalized spacial score (nSPS) is 11.3. The van der Waals surface area contributed by atoms with Crippen LogP contribution in [0.2, 0.25) is 0 Å². The molecule has 8 nitrogen and oxygen atoms in total. The van der Waals surface area contributed by atoms with Gasteiger partial charge in [-0.1, -0.05) is 18.2 Å². The molecule has 29 heavy (non-hydrogen) atoms. The van der Waals surface area contributed by atoms with Crippen LogP contribution in [0.4, 0.5) is 5.82 Å². The summed E-state index contributed by atoms with van der Waals surface area (Å²) in [4.78, 5) is 28.0. The fourth-order valence-electron chi connectivity index (χ4n) is 3.66. The lowest BCUT2D eigenvalue weighted by Crippen LogP contribution is -2.14. The number of nitrogens with one attached hydrogen (secondary N) is 2. The molecule has 0 radical (unpaired) electrons. The van der Waals surface area contributed by atoms with Crippen molar-refractivity contribution in [3.63, 3.8) is 0 Å². The van der Waals surface area contributed by atoms with Gasteiger partial charge >= 0.3 is 5.69 Å². The number of anilines is 1. The van der Waals surface area contributed by atoms with Gasteiger partial charge in [0.1, 0.15) is 12.1 Å². The van der Waals surface area contributed by atoms with Crippen molar-refractivity contribution in [3.8, 4) is 5.69 Å². The Labute approximate surface area is 165 Å². The Hall–Kier alpha value is -3.94. The van der Waals surface area contributed by atoms with Gasteiger partial charge in [-0.3, -0.25) is 4.57 Å². The van der Waals surface area contributed by atoms with E-state index in [4.69, 9.17) is 0 Å². The molecule has 0 aliphatic rings. The predicted molar refractivity (Wildman–Crippen MR) is 112 cm³/mol. The first-order valence-corrected chi connectivity index (χ1v) is 9.42. The van der Waals surface area contributed by atoms with E-state index in [0.717, 1.165) is 39.0 Å². The summed E-state index contributed by atoms with van der Waals surface area (Å²) in [6.07, 6.45) is 7.00. The van der Waals surface area contributed by atoms with Gasteiger partial charge in [-0.15, -0.1) is 0 Å². The molecule has 3 heterocycles. The van der Waals surface area contributed by atoms with E-state index in [-0.39, 0.29) is 5.69 Å². The molecule has 2 N–H and O–H groups in total. The molecule has 0 amide bonds. The minimum atomic E-state index is -0.116. The van der Waals surface area contributed by atoms with Crippen molar-refractivity contribution < 1.29 is 0 Å². The molecule has 0 spiro atoms. The molecule has 0 atom stereocenters. The number of H-pyrrole nitrogens is 1. The summed E-state index contributed by atoms with van der Waals surface area (Å²) in [7, 11) is 0. The molecule has 0 aliphatic heterocycles. The zero-order valence-corrected chi connectivity index (χ0v) is 15.8. The summed E-state index contributed by atoms with van der Waals surface area (Å²) in [5.74, 6) is 0.724. The minimum Gasteiger partial charge on any atom is -0.365 e. The Balaban J connectivity index is 1.54. The van der Waals surface area contributed by atoms with Crippen molar-refractivity contribution in [2.75, 3.05) is 5.32 Å². The molecule has 8 heteroatoms. The van der Waals surface area contributed by atoms with Crippen LogP contribution in [0.25, 0.3) is 27.6 Å². The van der Waals surface area contributed by atoms with E-state index >= 15 is 0 Å². The summed E-state index contributed by atoms with van der Waals surface area (Å²) in [6, 6.07) is 12.0. The zero-order chi connectivity index (χ0) is 19.8. The number of fused-ring (bicyclic) bond motifs is 2. The Morgan fingerprint density at radius 1 is 1.17 bits per heavy atom. The quantitative estimate of drug-likeness (QED) is 0.485. The Morgan fingerprint density at radius 3 is 2.90 bits per heavy atom. The Kier molecular flexibility index (Phi) is 4.09. The lowest BCUT2D eigenvalue weighted by atomic mass is 10.1. The van der Waals surface area contributed by atoms with E-state index in [9.17, 15) is 4.79 Å². The monoisotopic (exact) mass is 385 g/mol. The number of imidazole rings is 2. The van der Waals surface area contributed by atoms with Crippen molar-refractivity contribution in [1.29, 1.82) is 0 Å². The van der Waals surface area contributed by atoms with Crippen LogP contribution in [0.3, 0.4) is 0 Å². The van der Waals surface area contributed by atoms with Crippen molar-refractivity contribution in [3.05, 3.63) is 77.5 Å². The maximum Gasteiger partial charge on any atom is 0.326 e. The maximum absolute atomic E-state index is 12.1. The lowest BCUT2D eigenvalue weighted by molar-refractivity contribution is 0.753. The van der Waals surface area contributed by atoms with Gasteiger partial charge in [-0.2, -0.15) is 0 Å². The SMILES string of the molecule is CCn1c(=O)[nH]c2cc3c(NCc4ccccc4-n4ccnc4)ncnc3cc21. The van der Waals surface area contributed by atoms with Gasteiger partial charge in [0.2, 0.25) is 0 Å². The highest BCUT2D eigenvalue weighted by atomic mass is 16.1. The fourth-order valence-corrected chi connectivity index (χ4v) is 3.66. The minimum absolute atomic E-state index is 0.116. The Bertz CT molecular complexity index is 1370. The van der Waals surface area contributed by atoms with Gasteiger partial charge in [-0.05, 0) is 30.7 Å². The van der Waals surface area contributed by atoms with E-state index in [0.29, 0.717) is 13.1 Å². The number of aryl methyl sites for hydroxylation is 1. The highest BCUT2D eigenvalue weighted by molar-refractivity contribution is 5.98. The van der Waals surface area contributed by atoms with Crippen molar-refractivity contribution >= 4 is 27.8 Å². The summed E-state index contributed by atoms with van der Waals surface area (Å²) in [5.41, 5.74) is 4.47. The van der Waals surface area contributed by atoms with Crippen molar-refractivity contribution in [1.82, 2.24) is 29.1 Å². The first-order chi connectivity index (χ1) is 14.2. The first kappa shape index (κ1) is 17.2. The number of benzene rings is 2. The molecule has 144 valence electrons. The first-order valence-electron chi connectivity index (χ1n) is 9.42. The molecule has 0 saturated heterocycles. The van der Waals surface area contributed by atoms with Crippen LogP contribution < -0.4 is 11.0 Å². The van der Waals surface area contributed by atoms with Crippen LogP contribution in [-0.4, -0.2) is 29.1 Å². The van der Waals surface area contributed by atoms with Crippen molar-refractivity contribution in [2.24, 2.45) is 0 Å². The third-order valence-electron chi connectivity index (χ3n) is 5.07. The van der Waals surface area contributed by atoms with Gasteiger partial charge < -0.3 is 14.9 Å². The van der Waals surface area contributed by atoms with Crippen LogP contribution in [0.1, 0.15) is 12.5 Å². The van der Waals surface area contributed by atoms with Gasteiger partial charge in [-0.25, -0.2) is 19.7 Å². The molecular formula is C21H19N7O. The molecular weight excluding hydrogens is 366 g/mol. The second-order valence-corrected chi connectivity index (χ2v) is 6.74. The number of hydrogen-bond acceptors (Lipinski definition) is 5. The van der Waals surface area contributed by atoms with E-state index in [1.54, 1.807) is 23.4 Å². The average Bonchev–Trinajstić information content (AvgIpc) is 3.38. The second-order valence-electron chi connectivity index (χ2n) is 6.74. The molecule has 5 aromatic rings. The second kappa shape index (κ2) is 6.90. The van der Waals surface area contributed by atoms with Gasteiger partial charge in [0.15, 0.2) is 0 Å². The zero-order valence-electron chi connectivity index (χ0n) is 15.8. The number of rotatable bonds is 5. The molecule has 0 fully saturated rings. The van der Waals surface area contributed by atoms with Crippen LogP contribution >= 0.6 is 0 Å². The molecule has 0 unspecified atom stereocenters. The maximum atomic E-state index is 12.1. The fraction of sp³-hybridized carbons (Fsp3) is 0.143. The van der Waals surface area contributed by atoms with Crippen LogP contribution in [0, 0.1) is 0 Å². The van der Waals surface area contributed by atoms with Crippen LogP contribution in [-0.2, 0) is 13.1 Å². The summed E-state index contributed by atoms with van der Waals surface area (Å²) in [5, 5.41) is 4.29. The summed E-state index contributed by atoms with van der Waals surface area (Å²) in [6.45, 7) is 3.14. The highest BCUT2D eigenvalue weighted by Crippen LogP contribution is 2.25. The smallest absolute Gasteiger partial charge is 0.326 e. The number of hydrogen-bond donors (Lipinski definition) is 2. The summed E-state index contributed by atoms with van der Waals surface area (Å²) < 4.78 is 3.68. The van der Waals surface area contributed by atoms with E-state index in [2.05, 4.69) is 37.4 Å². The number of aromatic nitrogens is 6. The molecule has 0 bridgehead atoms. The van der Waals surface area contributed by atoms with E-state index < -0.39 is 0 Å². The number of para-hydroxylation sites is 1. The summed E-state index contributed by atoms with van der Waals surface area (Å²) >= 11 is 0. The Morgan fingerprint density at radius 2 is 2.07 bits per heavy atom. The number of nitrogens with zero attached hydrogens (tertiary/aromatic N) is 5. The van der Waals surface area contributed by atoms with E-state index in [1.807, 2.05) is 42.0 Å². The topological polar surface area (TPSA) is 93.4 Å². The van der Waals surface area contributed by atoms with Crippen LogP contribution in [0.5, 0.6) is 0 Å². The highest BCUT2D eigenvalue weighted by Gasteiger charge is 2.11. The van der Waals surface area contributed by atoms with Gasteiger partial charge in [0, 0.05) is 30.9 Å². The molecule has 2 aromatic carbocycles. The lowest BCUT2D eigenvalue weighted by Gasteiger charge is -2.13. The molecule has 5 rings (SSSR count). The molecule has 3 aromatic heterocycles. The standard InChI is InChI=1S/C21H19N7O/c1-2-28-19-10-16-15(9-17(19)26-21(28)29)20(25-12-24-16)23-11-14-5-3-4-6-18(14)27-8-7-22-13-27/h3-10,12-13H,2,11H2,1H3,(H,26,29)(H,23,24,25). The average molecular weight is 385 g/mol. The molecule has 0 saturated carbocycles. The van der Waals surface area contributed by atoms with Gasteiger partial charge in [0.05, 0.1) is 28.6 Å². The third kappa shape index (κ3) is 2.94. The van der Waals surface area contributed by atoms with Crippen LogP contribution in [0.15, 0.2) is 66.2 Å².